The second-order valence-electron chi connectivity index (χ2n) is 6.96. The number of nitrogens with zero attached hydrogens (tertiary/aromatic N) is 2. The van der Waals surface area contributed by atoms with Crippen molar-refractivity contribution in [2.75, 3.05) is 32.7 Å². The summed E-state index contributed by atoms with van der Waals surface area (Å²) in [6.45, 7) is 6.40. The van der Waals surface area contributed by atoms with E-state index in [4.69, 9.17) is 0 Å². The van der Waals surface area contributed by atoms with Crippen LogP contribution < -0.4 is 0 Å². The van der Waals surface area contributed by atoms with E-state index in [0.717, 1.165) is 38.3 Å². The summed E-state index contributed by atoms with van der Waals surface area (Å²) in [5.74, 6) is -0.720. The number of hydrogen-bond acceptors (Lipinski definition) is 4. The molecule has 0 radical (unpaired) electrons. The molecular weight excluding hydrogens is 324 g/mol. The van der Waals surface area contributed by atoms with Crippen LogP contribution in [0.25, 0.3) is 0 Å². The maximum atomic E-state index is 12.7. The van der Waals surface area contributed by atoms with Gasteiger partial charge in [-0.3, -0.25) is 19.4 Å². The predicted octanol–water partition coefficient (Wildman–Crippen LogP) is 2.75. The Morgan fingerprint density at radius 2 is 1.38 bits per heavy atom. The highest BCUT2D eigenvalue weighted by atomic mass is 16.2. The summed E-state index contributed by atoms with van der Waals surface area (Å²) >= 11 is 0. The maximum absolute atomic E-state index is 12.7. The quantitative estimate of drug-likeness (QED) is 0.720. The number of benzene rings is 2. The van der Waals surface area contributed by atoms with Gasteiger partial charge >= 0.3 is 0 Å². The number of piperazine rings is 1. The number of carbonyl (C=O) groups excluding carboxylic acids is 2. The van der Waals surface area contributed by atoms with Crippen LogP contribution in [0, 0.1) is 0 Å². The van der Waals surface area contributed by atoms with Crippen molar-refractivity contribution in [1.82, 2.24) is 9.80 Å². The molecule has 1 atom stereocenters. The van der Waals surface area contributed by atoms with Crippen LogP contribution in [-0.4, -0.2) is 54.1 Å². The van der Waals surface area contributed by atoms with Crippen LogP contribution in [0.5, 0.6) is 0 Å². The molecule has 2 aromatic rings. The van der Waals surface area contributed by atoms with E-state index in [1.807, 2.05) is 36.4 Å². The number of ketones is 2. The molecule has 0 aromatic heterocycles. The molecule has 0 saturated carbocycles. The smallest absolute Gasteiger partial charge is 0.161 e. The van der Waals surface area contributed by atoms with Crippen LogP contribution in [0.15, 0.2) is 60.7 Å². The third kappa shape index (κ3) is 4.87. The standard InChI is InChI=1S/C22H26N2O2/c1-18(25)22(20-10-6-3-7-11-20)21(26)17-24-14-12-23(13-15-24)16-19-8-4-2-5-9-19/h2-11,22H,12-17H2,1H3. The molecule has 0 spiro atoms. The minimum absolute atomic E-state index is 0.000194. The molecule has 1 saturated heterocycles. The zero-order chi connectivity index (χ0) is 18.4. The SMILES string of the molecule is CC(=O)C(C(=O)CN1CCN(Cc2ccccc2)CC1)c1ccccc1. The summed E-state index contributed by atoms with van der Waals surface area (Å²) in [6.07, 6.45) is 0. The van der Waals surface area contributed by atoms with E-state index in [-0.39, 0.29) is 11.6 Å². The Hall–Kier alpha value is -2.30. The molecule has 0 bridgehead atoms. The fourth-order valence-electron chi connectivity index (χ4n) is 3.55. The van der Waals surface area contributed by atoms with Crippen molar-refractivity contribution in [3.05, 3.63) is 71.8 Å². The van der Waals surface area contributed by atoms with Crippen molar-refractivity contribution in [1.29, 1.82) is 0 Å². The van der Waals surface area contributed by atoms with Gasteiger partial charge in [0.15, 0.2) is 5.78 Å². The molecule has 0 N–H and O–H groups in total. The van der Waals surface area contributed by atoms with Crippen LogP contribution in [0.1, 0.15) is 24.0 Å². The van der Waals surface area contributed by atoms with Crippen molar-refractivity contribution < 1.29 is 9.59 Å². The lowest BCUT2D eigenvalue weighted by molar-refractivity contribution is -0.129. The average Bonchev–Trinajstić information content (AvgIpc) is 2.65. The summed E-state index contributed by atoms with van der Waals surface area (Å²) < 4.78 is 0. The largest absolute Gasteiger partial charge is 0.299 e. The molecule has 1 unspecified atom stereocenters. The summed E-state index contributed by atoms with van der Waals surface area (Å²) in [6, 6.07) is 19.8. The zero-order valence-electron chi connectivity index (χ0n) is 15.3. The summed E-state index contributed by atoms with van der Waals surface area (Å²) in [7, 11) is 0. The van der Waals surface area contributed by atoms with Crippen molar-refractivity contribution in [3.8, 4) is 0 Å². The minimum Gasteiger partial charge on any atom is -0.299 e. The van der Waals surface area contributed by atoms with Gasteiger partial charge in [-0.1, -0.05) is 60.7 Å². The number of rotatable bonds is 7. The molecule has 4 nitrogen and oxygen atoms in total. The van der Waals surface area contributed by atoms with Gasteiger partial charge in [-0.15, -0.1) is 0 Å². The van der Waals surface area contributed by atoms with Gasteiger partial charge in [0.2, 0.25) is 0 Å². The Labute approximate surface area is 155 Å². The lowest BCUT2D eigenvalue weighted by Gasteiger charge is -2.34. The normalized spacial score (nSPS) is 17.0. The Kier molecular flexibility index (Phi) is 6.31. The maximum Gasteiger partial charge on any atom is 0.161 e. The van der Waals surface area contributed by atoms with Crippen molar-refractivity contribution in [2.24, 2.45) is 0 Å². The molecule has 1 aliphatic rings. The van der Waals surface area contributed by atoms with Gasteiger partial charge in [-0.25, -0.2) is 0 Å². The van der Waals surface area contributed by atoms with Crippen LogP contribution in [0.3, 0.4) is 0 Å². The highest BCUT2D eigenvalue weighted by Gasteiger charge is 2.27. The van der Waals surface area contributed by atoms with Crippen molar-refractivity contribution in [3.63, 3.8) is 0 Å². The first-order chi connectivity index (χ1) is 12.6. The fourth-order valence-corrected chi connectivity index (χ4v) is 3.55. The first kappa shape index (κ1) is 18.5. The minimum atomic E-state index is -0.640. The predicted molar refractivity (Wildman–Crippen MR) is 103 cm³/mol. The number of hydrogen-bond donors (Lipinski definition) is 0. The highest BCUT2D eigenvalue weighted by molar-refractivity contribution is 6.07. The van der Waals surface area contributed by atoms with E-state index in [2.05, 4.69) is 34.1 Å². The molecule has 136 valence electrons. The summed E-state index contributed by atoms with van der Waals surface area (Å²) in [4.78, 5) is 29.4. The second-order valence-corrected chi connectivity index (χ2v) is 6.96. The van der Waals surface area contributed by atoms with E-state index < -0.39 is 5.92 Å². The summed E-state index contributed by atoms with van der Waals surface area (Å²) in [5, 5.41) is 0. The van der Waals surface area contributed by atoms with E-state index in [1.165, 1.54) is 12.5 Å². The molecular formula is C22H26N2O2. The molecule has 2 aromatic carbocycles. The van der Waals surface area contributed by atoms with Gasteiger partial charge in [0.1, 0.15) is 11.7 Å². The zero-order valence-corrected chi connectivity index (χ0v) is 15.3. The third-order valence-electron chi connectivity index (χ3n) is 4.95. The highest BCUT2D eigenvalue weighted by Crippen LogP contribution is 2.19. The molecule has 3 rings (SSSR count). The molecule has 0 aliphatic carbocycles. The van der Waals surface area contributed by atoms with Gasteiger partial charge in [-0.2, -0.15) is 0 Å². The van der Waals surface area contributed by atoms with Crippen LogP contribution in [-0.2, 0) is 16.1 Å². The van der Waals surface area contributed by atoms with E-state index in [0.29, 0.717) is 6.54 Å². The van der Waals surface area contributed by atoms with Crippen LogP contribution in [0.2, 0.25) is 0 Å². The number of carbonyl (C=O) groups is 2. The van der Waals surface area contributed by atoms with E-state index >= 15 is 0 Å². The Morgan fingerprint density at radius 1 is 0.846 bits per heavy atom. The second kappa shape index (κ2) is 8.88. The Bertz CT molecular complexity index is 722. The van der Waals surface area contributed by atoms with E-state index in [9.17, 15) is 9.59 Å². The van der Waals surface area contributed by atoms with Crippen LogP contribution >= 0.6 is 0 Å². The first-order valence-electron chi connectivity index (χ1n) is 9.20. The fraction of sp³-hybridized carbons (Fsp3) is 0.364. The van der Waals surface area contributed by atoms with Gasteiger partial charge in [-0.05, 0) is 18.1 Å². The van der Waals surface area contributed by atoms with Gasteiger partial charge in [0.05, 0.1) is 6.54 Å². The van der Waals surface area contributed by atoms with Gasteiger partial charge < -0.3 is 0 Å². The first-order valence-corrected chi connectivity index (χ1v) is 9.20. The Balaban J connectivity index is 1.53. The van der Waals surface area contributed by atoms with Crippen molar-refractivity contribution >= 4 is 11.6 Å². The molecule has 1 aliphatic heterocycles. The molecule has 4 heteroatoms. The van der Waals surface area contributed by atoms with Gasteiger partial charge in [0, 0.05) is 32.7 Å². The van der Waals surface area contributed by atoms with Crippen molar-refractivity contribution in [2.45, 2.75) is 19.4 Å². The topological polar surface area (TPSA) is 40.6 Å². The average molecular weight is 350 g/mol. The van der Waals surface area contributed by atoms with Gasteiger partial charge in [0.25, 0.3) is 0 Å². The third-order valence-corrected chi connectivity index (χ3v) is 4.95. The van der Waals surface area contributed by atoms with E-state index in [1.54, 1.807) is 0 Å². The molecule has 0 amide bonds. The molecule has 1 heterocycles. The molecule has 26 heavy (non-hydrogen) atoms. The Morgan fingerprint density at radius 3 is 1.96 bits per heavy atom. The molecule has 1 fully saturated rings. The summed E-state index contributed by atoms with van der Waals surface area (Å²) in [5.41, 5.74) is 2.12. The lowest BCUT2D eigenvalue weighted by Crippen LogP contribution is -2.48. The number of Topliss-reactive ketones (excluding diaryl/α,β-unsaturated/α-hetero) is 2. The monoisotopic (exact) mass is 350 g/mol. The van der Waals surface area contributed by atoms with Crippen LogP contribution in [0.4, 0.5) is 0 Å². The lowest BCUT2D eigenvalue weighted by atomic mass is 9.91.